The largest absolute Gasteiger partial charge is 0.607 e. The molecule has 86 valence electrons. The van der Waals surface area contributed by atoms with Gasteiger partial charge >= 0.3 is 6.09 Å². The molecule has 2 rings (SSSR count). The van der Waals surface area contributed by atoms with Gasteiger partial charge in [-0.15, -0.1) is 0 Å². The zero-order chi connectivity index (χ0) is 12.1. The van der Waals surface area contributed by atoms with Gasteiger partial charge in [0.2, 0.25) is 0 Å². The van der Waals surface area contributed by atoms with E-state index in [0.29, 0.717) is 11.5 Å². The summed E-state index contributed by atoms with van der Waals surface area (Å²) in [5.74, 6) is 1.20. The molecule has 1 aromatic carbocycles. The summed E-state index contributed by atoms with van der Waals surface area (Å²) in [6.07, 6.45) is 2.72. The van der Waals surface area contributed by atoms with Gasteiger partial charge in [0.1, 0.15) is 11.5 Å². The van der Waals surface area contributed by atoms with Gasteiger partial charge in [-0.3, -0.25) is 0 Å². The highest BCUT2D eigenvalue weighted by atomic mass is 16.6. The van der Waals surface area contributed by atoms with E-state index in [1.54, 1.807) is 55.9 Å². The van der Waals surface area contributed by atoms with Gasteiger partial charge in [-0.05, 0) is 12.1 Å². The fourth-order valence-electron chi connectivity index (χ4n) is 1.31. The normalized spacial score (nSPS) is 9.71. The van der Waals surface area contributed by atoms with E-state index in [1.165, 1.54) is 4.57 Å². The molecule has 0 fully saturated rings. The number of rotatable bonds is 2. The van der Waals surface area contributed by atoms with Gasteiger partial charge in [0.05, 0.1) is 7.11 Å². The number of para-hydroxylation sites is 1. The highest BCUT2D eigenvalue weighted by molar-refractivity contribution is 5.60. The quantitative estimate of drug-likeness (QED) is 0.741. The molecule has 17 heavy (non-hydrogen) atoms. The lowest BCUT2D eigenvalue weighted by molar-refractivity contribution is -0.582. The van der Waals surface area contributed by atoms with Crippen LogP contribution in [0.2, 0.25) is 0 Å². The van der Waals surface area contributed by atoms with Gasteiger partial charge < -0.3 is 9.47 Å². The molecule has 0 unspecified atom stereocenters. The van der Waals surface area contributed by atoms with Crippen molar-refractivity contribution in [2.24, 2.45) is 0 Å². The molecule has 0 spiro atoms. The second-order valence-corrected chi connectivity index (χ2v) is 3.33. The van der Waals surface area contributed by atoms with Crippen LogP contribution in [0.1, 0.15) is 0 Å². The van der Waals surface area contributed by atoms with Crippen LogP contribution in [0.15, 0.2) is 54.9 Å². The monoisotopic (exact) mass is 230 g/mol. The topological polar surface area (TPSA) is 39.4 Å². The molecule has 0 saturated heterocycles. The predicted molar refractivity (Wildman–Crippen MR) is 61.1 cm³/mol. The molecule has 0 N–H and O–H groups in total. The van der Waals surface area contributed by atoms with Crippen LogP contribution in [0.25, 0.3) is 0 Å². The second-order valence-electron chi connectivity index (χ2n) is 3.33. The number of carbonyl (C=O) groups is 1. The number of aromatic nitrogens is 1. The molecule has 4 nitrogen and oxygen atoms in total. The summed E-state index contributed by atoms with van der Waals surface area (Å²) >= 11 is 0. The Labute approximate surface area is 99.0 Å². The summed E-state index contributed by atoms with van der Waals surface area (Å²) in [5.41, 5.74) is 0. The van der Waals surface area contributed by atoms with Crippen molar-refractivity contribution in [2.75, 3.05) is 7.11 Å². The number of benzene rings is 1. The zero-order valence-electron chi connectivity index (χ0n) is 9.37. The number of hydrogen-bond donors (Lipinski definition) is 0. The molecule has 0 aliphatic rings. The van der Waals surface area contributed by atoms with Gasteiger partial charge in [-0.2, -0.15) is 4.79 Å². The van der Waals surface area contributed by atoms with Gasteiger partial charge in [-0.1, -0.05) is 22.8 Å². The highest BCUT2D eigenvalue weighted by Crippen LogP contribution is 2.08. The van der Waals surface area contributed by atoms with Crippen LogP contribution in [0, 0.1) is 0 Å². The Morgan fingerprint density at radius 3 is 2.24 bits per heavy atom. The third-order valence-corrected chi connectivity index (χ3v) is 2.19. The first-order chi connectivity index (χ1) is 8.29. The van der Waals surface area contributed by atoms with Crippen molar-refractivity contribution in [1.82, 2.24) is 0 Å². The first-order valence-electron chi connectivity index (χ1n) is 5.12. The summed E-state index contributed by atoms with van der Waals surface area (Å²) in [6, 6.07) is 12.3. The lowest BCUT2D eigenvalue weighted by Crippen LogP contribution is -2.44. The summed E-state index contributed by atoms with van der Waals surface area (Å²) in [6.45, 7) is 0. The minimum Gasteiger partial charge on any atom is -0.496 e. The molecule has 1 aromatic heterocycles. The third kappa shape index (κ3) is 2.81. The molecule has 2 aromatic rings. The molecule has 0 bridgehead atoms. The Morgan fingerprint density at radius 1 is 1.00 bits per heavy atom. The molecule has 0 atom stereocenters. The number of carbonyl (C=O) groups excluding carboxylic acids is 1. The second kappa shape index (κ2) is 5.12. The van der Waals surface area contributed by atoms with Gasteiger partial charge in [-0.25, -0.2) is 0 Å². The van der Waals surface area contributed by atoms with Crippen molar-refractivity contribution < 1.29 is 18.8 Å². The van der Waals surface area contributed by atoms with Crippen molar-refractivity contribution in [3.8, 4) is 11.5 Å². The van der Waals surface area contributed by atoms with E-state index in [0.717, 1.165) is 0 Å². The molecule has 0 aliphatic heterocycles. The Hall–Kier alpha value is -2.36. The number of nitrogens with zero attached hydrogens (tertiary/aromatic N) is 1. The van der Waals surface area contributed by atoms with Gasteiger partial charge in [0.15, 0.2) is 12.4 Å². The minimum atomic E-state index is -0.459. The maximum absolute atomic E-state index is 11.7. The predicted octanol–water partition coefficient (Wildman–Crippen LogP) is 2.03. The maximum Gasteiger partial charge on any atom is 0.607 e. The fourth-order valence-corrected chi connectivity index (χ4v) is 1.31. The van der Waals surface area contributed by atoms with Crippen molar-refractivity contribution >= 4 is 6.09 Å². The first kappa shape index (κ1) is 11.1. The Bertz CT molecular complexity index is 494. The van der Waals surface area contributed by atoms with Gasteiger partial charge in [0.25, 0.3) is 0 Å². The number of pyridine rings is 1. The van der Waals surface area contributed by atoms with E-state index in [9.17, 15) is 4.79 Å². The zero-order valence-corrected chi connectivity index (χ0v) is 9.37. The van der Waals surface area contributed by atoms with E-state index >= 15 is 0 Å². The molecule has 0 aliphatic carbocycles. The van der Waals surface area contributed by atoms with Gasteiger partial charge in [0, 0.05) is 12.1 Å². The third-order valence-electron chi connectivity index (χ3n) is 2.19. The standard InChI is InChI=1S/C13H12NO3/c1-16-11-7-9-14(10-8-11)13(15)17-12-5-3-2-4-6-12/h2-10H,1H3/q+1. The molecular formula is C13H12NO3+. The lowest BCUT2D eigenvalue weighted by atomic mass is 10.3. The average molecular weight is 230 g/mol. The maximum atomic E-state index is 11.7. The van der Waals surface area contributed by atoms with E-state index in [-0.39, 0.29) is 0 Å². The van der Waals surface area contributed by atoms with E-state index in [1.807, 2.05) is 6.07 Å². The van der Waals surface area contributed by atoms with Crippen molar-refractivity contribution in [2.45, 2.75) is 0 Å². The molecule has 0 radical (unpaired) electrons. The molecule has 0 saturated carbocycles. The summed E-state index contributed by atoms with van der Waals surface area (Å²) < 4.78 is 11.5. The number of hydrogen-bond acceptors (Lipinski definition) is 3. The molecule has 4 heteroatoms. The minimum absolute atomic E-state index is 0.459. The lowest BCUT2D eigenvalue weighted by Gasteiger charge is -1.99. The molecule has 0 amide bonds. The van der Waals surface area contributed by atoms with E-state index < -0.39 is 6.09 Å². The Kier molecular flexibility index (Phi) is 3.35. The molecule has 1 heterocycles. The van der Waals surface area contributed by atoms with E-state index in [2.05, 4.69) is 0 Å². The van der Waals surface area contributed by atoms with Crippen LogP contribution in [-0.2, 0) is 0 Å². The van der Waals surface area contributed by atoms with E-state index in [4.69, 9.17) is 9.47 Å². The number of ether oxygens (including phenoxy) is 2. The summed E-state index contributed by atoms with van der Waals surface area (Å²) in [4.78, 5) is 11.7. The highest BCUT2D eigenvalue weighted by Gasteiger charge is 2.16. The Morgan fingerprint density at radius 2 is 1.65 bits per heavy atom. The average Bonchev–Trinajstić information content (AvgIpc) is 2.40. The smallest absolute Gasteiger partial charge is 0.496 e. The van der Waals surface area contributed by atoms with Crippen LogP contribution in [-0.4, -0.2) is 13.2 Å². The SMILES string of the molecule is COc1cc[n+](C(=O)Oc2ccccc2)cc1. The van der Waals surface area contributed by atoms with Crippen molar-refractivity contribution in [3.63, 3.8) is 0 Å². The molecular weight excluding hydrogens is 218 g/mol. The van der Waals surface area contributed by atoms with Crippen LogP contribution >= 0.6 is 0 Å². The van der Waals surface area contributed by atoms with Crippen LogP contribution < -0.4 is 14.0 Å². The Balaban J connectivity index is 2.09. The summed E-state index contributed by atoms with van der Waals surface area (Å²) in [5, 5.41) is 0. The van der Waals surface area contributed by atoms with Crippen LogP contribution in [0.4, 0.5) is 4.79 Å². The number of methoxy groups -OCH3 is 1. The fraction of sp³-hybridized carbons (Fsp3) is 0.0769. The van der Waals surface area contributed by atoms with Crippen LogP contribution in [0.5, 0.6) is 11.5 Å². The van der Waals surface area contributed by atoms with Crippen molar-refractivity contribution in [1.29, 1.82) is 0 Å². The van der Waals surface area contributed by atoms with Crippen LogP contribution in [0.3, 0.4) is 0 Å². The summed E-state index contributed by atoms with van der Waals surface area (Å²) in [7, 11) is 1.57. The van der Waals surface area contributed by atoms with Crippen molar-refractivity contribution in [3.05, 3.63) is 54.9 Å². The first-order valence-corrected chi connectivity index (χ1v) is 5.12.